The first-order chi connectivity index (χ1) is 12.6. The molecule has 0 aliphatic carbocycles. The summed E-state index contributed by atoms with van der Waals surface area (Å²) in [6.07, 6.45) is 1.74. The molecule has 4 rings (SSSR count). The van der Waals surface area contributed by atoms with Crippen molar-refractivity contribution in [3.63, 3.8) is 0 Å². The summed E-state index contributed by atoms with van der Waals surface area (Å²) >= 11 is 7.68. The van der Waals surface area contributed by atoms with Crippen molar-refractivity contribution in [2.45, 2.75) is 10.9 Å². The van der Waals surface area contributed by atoms with Crippen LogP contribution in [0.1, 0.15) is 5.56 Å². The second-order valence-corrected chi connectivity index (χ2v) is 6.93. The number of fused-ring (bicyclic) bond motifs is 1. The zero-order valence-corrected chi connectivity index (χ0v) is 15.0. The number of benzene rings is 2. The summed E-state index contributed by atoms with van der Waals surface area (Å²) in [7, 11) is 0. The molecule has 4 aromatic rings. The van der Waals surface area contributed by atoms with Gasteiger partial charge in [0.2, 0.25) is 5.16 Å². The summed E-state index contributed by atoms with van der Waals surface area (Å²) < 4.78 is 14.5. The smallest absolute Gasteiger partial charge is 0.210 e. The normalized spacial score (nSPS) is 11.2. The zero-order valence-electron chi connectivity index (χ0n) is 13.4. The molecule has 0 saturated heterocycles. The summed E-state index contributed by atoms with van der Waals surface area (Å²) in [5.41, 5.74) is 2.59. The highest BCUT2D eigenvalue weighted by Gasteiger charge is 2.14. The first-order valence-corrected chi connectivity index (χ1v) is 9.11. The second kappa shape index (κ2) is 6.93. The lowest BCUT2D eigenvalue weighted by atomic mass is 10.1. The molecule has 0 spiro atoms. The van der Waals surface area contributed by atoms with Crippen LogP contribution < -0.4 is 5.84 Å². The standard InChI is InChI=1S/C18H13ClFN5S/c19-15-8-5-12(16-14(15)2-1-9-22-16)10-26-18-24-23-17(25(18)21)11-3-6-13(20)7-4-11/h1-9H,10,21H2. The fraction of sp³-hybridized carbons (Fsp3) is 0.0556. The van der Waals surface area contributed by atoms with Gasteiger partial charge in [0.05, 0.1) is 5.52 Å². The van der Waals surface area contributed by atoms with Crippen LogP contribution in [0.5, 0.6) is 0 Å². The molecule has 0 unspecified atom stereocenters. The highest BCUT2D eigenvalue weighted by atomic mass is 35.5. The van der Waals surface area contributed by atoms with E-state index in [-0.39, 0.29) is 5.82 Å². The van der Waals surface area contributed by atoms with E-state index in [1.165, 1.54) is 28.6 Å². The van der Waals surface area contributed by atoms with Crippen LogP contribution in [-0.4, -0.2) is 19.9 Å². The minimum Gasteiger partial charge on any atom is -0.335 e. The first-order valence-electron chi connectivity index (χ1n) is 7.75. The number of nitrogen functional groups attached to an aromatic ring is 1. The van der Waals surface area contributed by atoms with Crippen LogP contribution in [0.15, 0.2) is 59.9 Å². The Balaban J connectivity index is 1.60. The lowest BCUT2D eigenvalue weighted by Crippen LogP contribution is -2.11. The predicted molar refractivity (Wildman–Crippen MR) is 102 cm³/mol. The van der Waals surface area contributed by atoms with E-state index in [1.54, 1.807) is 18.3 Å². The SMILES string of the molecule is Nn1c(SCc2ccc(Cl)c3cccnc23)nnc1-c1ccc(F)cc1. The highest BCUT2D eigenvalue weighted by molar-refractivity contribution is 7.98. The Morgan fingerprint density at radius 2 is 1.88 bits per heavy atom. The van der Waals surface area contributed by atoms with Crippen LogP contribution in [0.25, 0.3) is 22.3 Å². The Kier molecular flexibility index (Phi) is 4.48. The summed E-state index contributed by atoms with van der Waals surface area (Å²) in [6.45, 7) is 0. The first kappa shape index (κ1) is 16.8. The molecule has 0 aliphatic heterocycles. The minimum atomic E-state index is -0.312. The molecule has 2 aromatic carbocycles. The van der Waals surface area contributed by atoms with Crippen molar-refractivity contribution in [1.82, 2.24) is 19.9 Å². The van der Waals surface area contributed by atoms with E-state index in [9.17, 15) is 4.39 Å². The van der Waals surface area contributed by atoms with Gasteiger partial charge in [-0.3, -0.25) is 4.98 Å². The van der Waals surface area contributed by atoms with Crippen molar-refractivity contribution in [1.29, 1.82) is 0 Å². The molecule has 130 valence electrons. The van der Waals surface area contributed by atoms with Gasteiger partial charge in [0.25, 0.3) is 0 Å². The Hall–Kier alpha value is -2.64. The van der Waals surface area contributed by atoms with Crippen molar-refractivity contribution in [3.8, 4) is 11.4 Å². The van der Waals surface area contributed by atoms with E-state index in [4.69, 9.17) is 17.4 Å². The summed E-state index contributed by atoms with van der Waals surface area (Å²) in [4.78, 5) is 4.43. The van der Waals surface area contributed by atoms with Crippen molar-refractivity contribution in [2.24, 2.45) is 0 Å². The van der Waals surface area contributed by atoms with Crippen LogP contribution in [0.2, 0.25) is 5.02 Å². The van der Waals surface area contributed by atoms with E-state index in [1.807, 2.05) is 24.3 Å². The monoisotopic (exact) mass is 385 g/mol. The fourth-order valence-corrected chi connectivity index (χ4v) is 3.68. The summed E-state index contributed by atoms with van der Waals surface area (Å²) in [5.74, 6) is 6.90. The van der Waals surface area contributed by atoms with Crippen molar-refractivity contribution in [3.05, 3.63) is 71.1 Å². The molecule has 2 heterocycles. The number of nitrogens with zero attached hydrogens (tertiary/aromatic N) is 4. The molecule has 26 heavy (non-hydrogen) atoms. The van der Waals surface area contributed by atoms with Crippen LogP contribution in [0, 0.1) is 5.82 Å². The van der Waals surface area contributed by atoms with Crippen molar-refractivity contribution >= 4 is 34.3 Å². The van der Waals surface area contributed by atoms with Gasteiger partial charge in [-0.1, -0.05) is 29.4 Å². The minimum absolute atomic E-state index is 0.312. The van der Waals surface area contributed by atoms with Crippen LogP contribution in [0.4, 0.5) is 4.39 Å². The number of pyridine rings is 1. The van der Waals surface area contributed by atoms with Gasteiger partial charge in [-0.2, -0.15) is 0 Å². The zero-order chi connectivity index (χ0) is 18.1. The lowest BCUT2D eigenvalue weighted by Gasteiger charge is -2.07. The van der Waals surface area contributed by atoms with Crippen molar-refractivity contribution < 1.29 is 4.39 Å². The molecule has 8 heteroatoms. The van der Waals surface area contributed by atoms with Gasteiger partial charge in [-0.15, -0.1) is 10.2 Å². The van der Waals surface area contributed by atoms with E-state index < -0.39 is 0 Å². The highest BCUT2D eigenvalue weighted by Crippen LogP contribution is 2.30. The Morgan fingerprint density at radius 1 is 1.08 bits per heavy atom. The molecule has 0 saturated carbocycles. The Labute approximate surface area is 158 Å². The van der Waals surface area contributed by atoms with E-state index in [0.717, 1.165) is 16.5 Å². The third kappa shape index (κ3) is 3.11. The van der Waals surface area contributed by atoms with E-state index in [2.05, 4.69) is 15.2 Å². The average Bonchev–Trinajstić information content (AvgIpc) is 3.03. The van der Waals surface area contributed by atoms with Gasteiger partial charge in [0.1, 0.15) is 5.82 Å². The van der Waals surface area contributed by atoms with Gasteiger partial charge in [0.15, 0.2) is 5.82 Å². The maximum Gasteiger partial charge on any atom is 0.210 e. The third-order valence-corrected chi connectivity index (χ3v) is 5.25. The average molecular weight is 386 g/mol. The van der Waals surface area contributed by atoms with Gasteiger partial charge in [-0.25, -0.2) is 9.07 Å². The number of nitrogens with two attached hydrogens (primary N) is 1. The molecular weight excluding hydrogens is 373 g/mol. The molecule has 0 bridgehead atoms. The predicted octanol–water partition coefficient (Wildman–Crippen LogP) is 4.29. The van der Waals surface area contributed by atoms with E-state index >= 15 is 0 Å². The molecule has 0 fully saturated rings. The number of thioether (sulfide) groups is 1. The number of rotatable bonds is 4. The topological polar surface area (TPSA) is 69.6 Å². The van der Waals surface area contributed by atoms with Gasteiger partial charge < -0.3 is 5.84 Å². The maximum atomic E-state index is 13.1. The quantitative estimate of drug-likeness (QED) is 0.419. The van der Waals surface area contributed by atoms with Gasteiger partial charge in [-0.05, 0) is 48.0 Å². The summed E-state index contributed by atoms with van der Waals surface area (Å²) in [6, 6.07) is 13.6. The van der Waals surface area contributed by atoms with Gasteiger partial charge in [0, 0.05) is 27.9 Å². The number of halogens is 2. The molecule has 0 aliphatic rings. The largest absolute Gasteiger partial charge is 0.335 e. The third-order valence-electron chi connectivity index (χ3n) is 3.92. The molecule has 2 N–H and O–H groups in total. The number of hydrogen-bond acceptors (Lipinski definition) is 5. The number of hydrogen-bond donors (Lipinski definition) is 1. The fourth-order valence-electron chi connectivity index (χ4n) is 2.63. The molecule has 0 amide bonds. The summed E-state index contributed by atoms with van der Waals surface area (Å²) in [5, 5.41) is 10.4. The van der Waals surface area contributed by atoms with Gasteiger partial charge >= 0.3 is 0 Å². The molecule has 2 aromatic heterocycles. The lowest BCUT2D eigenvalue weighted by molar-refractivity contribution is 0.628. The Bertz CT molecular complexity index is 1080. The van der Waals surface area contributed by atoms with Crippen LogP contribution in [0.3, 0.4) is 0 Å². The molecular formula is C18H13ClFN5S. The second-order valence-electron chi connectivity index (χ2n) is 5.58. The molecule has 0 radical (unpaired) electrons. The van der Waals surface area contributed by atoms with Crippen LogP contribution in [-0.2, 0) is 5.75 Å². The molecule has 0 atom stereocenters. The van der Waals surface area contributed by atoms with Crippen molar-refractivity contribution in [2.75, 3.05) is 5.84 Å². The molecule has 5 nitrogen and oxygen atoms in total. The van der Waals surface area contributed by atoms with E-state index in [0.29, 0.717) is 27.3 Å². The maximum absolute atomic E-state index is 13.1. The Morgan fingerprint density at radius 3 is 2.69 bits per heavy atom. The van der Waals surface area contributed by atoms with Crippen LogP contribution >= 0.6 is 23.4 Å². The number of aromatic nitrogens is 4.